The van der Waals surface area contributed by atoms with Crippen LogP contribution in [0.3, 0.4) is 0 Å². The van der Waals surface area contributed by atoms with Crippen LogP contribution in [0.2, 0.25) is 0 Å². The minimum Gasteiger partial charge on any atom is -0.408 e. The number of benzene rings is 2. The average Bonchev–Trinajstić information content (AvgIpc) is 2.88. The van der Waals surface area contributed by atoms with E-state index in [4.69, 9.17) is 4.42 Å². The first-order valence-electron chi connectivity index (χ1n) is 7.52. The van der Waals surface area contributed by atoms with Gasteiger partial charge in [-0.3, -0.25) is 9.36 Å². The van der Waals surface area contributed by atoms with Crippen molar-refractivity contribution in [3.8, 4) is 5.75 Å². The maximum Gasteiger partial charge on any atom is 0.573 e. The summed E-state index contributed by atoms with van der Waals surface area (Å²) >= 11 is 0. The van der Waals surface area contributed by atoms with Gasteiger partial charge in [0.05, 0.1) is 5.52 Å². The molecule has 0 aliphatic carbocycles. The van der Waals surface area contributed by atoms with Crippen molar-refractivity contribution in [3.05, 3.63) is 64.6 Å². The molecule has 0 aliphatic heterocycles. The third-order valence-electron chi connectivity index (χ3n) is 3.55. The van der Waals surface area contributed by atoms with E-state index in [2.05, 4.69) is 10.1 Å². The summed E-state index contributed by atoms with van der Waals surface area (Å²) in [5.41, 5.74) is 0.949. The highest BCUT2D eigenvalue weighted by atomic mass is 19.4. The van der Waals surface area contributed by atoms with E-state index >= 15 is 0 Å². The molecule has 9 heteroatoms. The molecular weight excluding hydrogens is 353 g/mol. The van der Waals surface area contributed by atoms with Crippen molar-refractivity contribution in [2.24, 2.45) is 0 Å². The van der Waals surface area contributed by atoms with Crippen LogP contribution in [0, 0.1) is 0 Å². The number of alkyl halides is 3. The van der Waals surface area contributed by atoms with Crippen molar-refractivity contribution in [1.82, 2.24) is 9.88 Å². The lowest BCUT2D eigenvalue weighted by Gasteiger charge is -2.13. The standard InChI is InChI=1S/C17H13F3N2O4/c18-17(19,20)26-13-7-3-1-5-11(13)9-21-15(23)10-22-12-6-2-4-8-14(12)25-16(22)24/h1-8H,9-10H2,(H,21,23). The summed E-state index contributed by atoms with van der Waals surface area (Å²) in [4.78, 5) is 23.9. The Morgan fingerprint density at radius 2 is 1.81 bits per heavy atom. The van der Waals surface area contributed by atoms with Gasteiger partial charge in [-0.15, -0.1) is 13.2 Å². The predicted molar refractivity (Wildman–Crippen MR) is 85.4 cm³/mol. The van der Waals surface area contributed by atoms with Gasteiger partial charge in [0.25, 0.3) is 0 Å². The highest BCUT2D eigenvalue weighted by Gasteiger charge is 2.32. The van der Waals surface area contributed by atoms with Gasteiger partial charge in [-0.1, -0.05) is 30.3 Å². The van der Waals surface area contributed by atoms with Crippen molar-refractivity contribution in [2.45, 2.75) is 19.5 Å². The molecular formula is C17H13F3N2O4. The quantitative estimate of drug-likeness (QED) is 0.754. The van der Waals surface area contributed by atoms with E-state index in [1.165, 1.54) is 18.2 Å². The number of para-hydroxylation sites is 3. The molecule has 1 aromatic heterocycles. The monoisotopic (exact) mass is 366 g/mol. The summed E-state index contributed by atoms with van der Waals surface area (Å²) in [6.45, 7) is -0.506. The fraction of sp³-hybridized carbons (Fsp3) is 0.176. The van der Waals surface area contributed by atoms with E-state index in [0.29, 0.717) is 11.1 Å². The Bertz CT molecular complexity index is 991. The zero-order valence-electron chi connectivity index (χ0n) is 13.2. The van der Waals surface area contributed by atoms with Gasteiger partial charge in [-0.05, 0) is 18.2 Å². The highest BCUT2D eigenvalue weighted by Crippen LogP contribution is 2.26. The summed E-state index contributed by atoms with van der Waals surface area (Å²) in [5, 5.41) is 2.47. The lowest BCUT2D eigenvalue weighted by molar-refractivity contribution is -0.274. The molecule has 2 aromatic carbocycles. The van der Waals surface area contributed by atoms with Crippen molar-refractivity contribution >= 4 is 17.0 Å². The van der Waals surface area contributed by atoms with Crippen molar-refractivity contribution < 1.29 is 27.1 Å². The molecule has 0 unspecified atom stereocenters. The fourth-order valence-electron chi connectivity index (χ4n) is 2.43. The molecule has 0 saturated carbocycles. The van der Waals surface area contributed by atoms with Crippen LogP contribution in [0.1, 0.15) is 5.56 Å². The van der Waals surface area contributed by atoms with Gasteiger partial charge in [0.1, 0.15) is 12.3 Å². The first-order chi connectivity index (χ1) is 12.3. The smallest absolute Gasteiger partial charge is 0.408 e. The molecule has 26 heavy (non-hydrogen) atoms. The van der Waals surface area contributed by atoms with E-state index in [9.17, 15) is 22.8 Å². The number of aromatic nitrogens is 1. The number of ether oxygens (including phenoxy) is 1. The molecule has 0 atom stereocenters. The second-order valence-corrected chi connectivity index (χ2v) is 5.35. The molecule has 0 bridgehead atoms. The van der Waals surface area contributed by atoms with Crippen LogP contribution in [0.25, 0.3) is 11.1 Å². The van der Waals surface area contributed by atoms with Gasteiger partial charge in [-0.25, -0.2) is 4.79 Å². The van der Waals surface area contributed by atoms with E-state index in [1.807, 2.05) is 0 Å². The Labute approximate surface area is 144 Å². The van der Waals surface area contributed by atoms with Crippen LogP contribution in [0.4, 0.5) is 13.2 Å². The minimum atomic E-state index is -4.83. The number of carbonyl (C=O) groups is 1. The van der Waals surface area contributed by atoms with Crippen LogP contribution >= 0.6 is 0 Å². The number of halogens is 3. The SMILES string of the molecule is O=C(Cn1c(=O)oc2ccccc21)NCc1ccccc1OC(F)(F)F. The zero-order valence-corrected chi connectivity index (χ0v) is 13.2. The van der Waals surface area contributed by atoms with Crippen LogP contribution in [-0.2, 0) is 17.9 Å². The molecule has 3 rings (SSSR count). The second kappa shape index (κ2) is 6.95. The number of nitrogens with zero attached hydrogens (tertiary/aromatic N) is 1. The van der Waals surface area contributed by atoms with Crippen molar-refractivity contribution in [3.63, 3.8) is 0 Å². The molecule has 1 N–H and O–H groups in total. The number of carbonyl (C=O) groups excluding carboxylic acids is 1. The summed E-state index contributed by atoms with van der Waals surface area (Å²) in [7, 11) is 0. The molecule has 0 saturated heterocycles. The van der Waals surface area contributed by atoms with Gasteiger partial charge in [0.2, 0.25) is 5.91 Å². The Hall–Kier alpha value is -3.23. The molecule has 1 amide bonds. The summed E-state index contributed by atoms with van der Waals surface area (Å²) in [6, 6.07) is 12.1. The van der Waals surface area contributed by atoms with Crippen LogP contribution in [0.15, 0.2) is 57.7 Å². The van der Waals surface area contributed by atoms with Gasteiger partial charge < -0.3 is 14.5 Å². The van der Waals surface area contributed by atoms with E-state index in [0.717, 1.165) is 10.6 Å². The van der Waals surface area contributed by atoms with Crippen LogP contribution in [0.5, 0.6) is 5.75 Å². The Balaban J connectivity index is 1.70. The predicted octanol–water partition coefficient (Wildman–Crippen LogP) is 2.81. The normalized spacial score (nSPS) is 11.5. The largest absolute Gasteiger partial charge is 0.573 e. The second-order valence-electron chi connectivity index (χ2n) is 5.35. The lowest BCUT2D eigenvalue weighted by Crippen LogP contribution is -2.30. The zero-order chi connectivity index (χ0) is 18.7. The van der Waals surface area contributed by atoms with E-state index in [1.54, 1.807) is 24.3 Å². The van der Waals surface area contributed by atoms with Gasteiger partial charge in [-0.2, -0.15) is 0 Å². The van der Waals surface area contributed by atoms with Crippen LogP contribution < -0.4 is 15.8 Å². The third kappa shape index (κ3) is 4.05. The van der Waals surface area contributed by atoms with Crippen molar-refractivity contribution in [2.75, 3.05) is 0 Å². The summed E-state index contributed by atoms with van der Waals surface area (Å²) in [6.07, 6.45) is -4.83. The Morgan fingerprint density at radius 3 is 2.58 bits per heavy atom. The molecule has 1 heterocycles. The molecule has 0 fully saturated rings. The number of fused-ring (bicyclic) bond motifs is 1. The number of hydrogen-bond donors (Lipinski definition) is 1. The molecule has 0 spiro atoms. The number of amides is 1. The number of rotatable bonds is 5. The third-order valence-corrected chi connectivity index (χ3v) is 3.55. The average molecular weight is 366 g/mol. The maximum atomic E-state index is 12.4. The number of nitrogens with one attached hydrogen (secondary N) is 1. The summed E-state index contributed by atoms with van der Waals surface area (Å²) in [5.74, 6) is -1.64. The molecule has 0 aliphatic rings. The molecule has 3 aromatic rings. The number of hydrogen-bond acceptors (Lipinski definition) is 4. The maximum absolute atomic E-state index is 12.4. The van der Waals surface area contributed by atoms with Crippen LogP contribution in [-0.4, -0.2) is 16.8 Å². The topological polar surface area (TPSA) is 73.5 Å². The Morgan fingerprint density at radius 1 is 1.12 bits per heavy atom. The van der Waals surface area contributed by atoms with Gasteiger partial charge >= 0.3 is 12.1 Å². The molecule has 136 valence electrons. The fourth-order valence-corrected chi connectivity index (χ4v) is 2.43. The van der Waals surface area contributed by atoms with Gasteiger partial charge in [0.15, 0.2) is 5.58 Å². The number of oxazole rings is 1. The lowest BCUT2D eigenvalue weighted by atomic mass is 10.2. The minimum absolute atomic E-state index is 0.155. The summed E-state index contributed by atoms with van der Waals surface area (Å²) < 4.78 is 47.3. The van der Waals surface area contributed by atoms with E-state index in [-0.39, 0.29) is 18.7 Å². The van der Waals surface area contributed by atoms with E-state index < -0.39 is 23.8 Å². The molecule has 6 nitrogen and oxygen atoms in total. The Kier molecular flexibility index (Phi) is 4.70. The van der Waals surface area contributed by atoms with Crippen molar-refractivity contribution in [1.29, 1.82) is 0 Å². The first-order valence-corrected chi connectivity index (χ1v) is 7.52. The van der Waals surface area contributed by atoms with Gasteiger partial charge in [0, 0.05) is 12.1 Å². The first kappa shape index (κ1) is 17.6. The highest BCUT2D eigenvalue weighted by molar-refractivity contribution is 5.79. The molecule has 0 radical (unpaired) electrons.